The first-order valence-corrected chi connectivity index (χ1v) is 6.78. The van der Waals surface area contributed by atoms with Gasteiger partial charge in [-0.05, 0) is 42.5 Å². The fourth-order valence-electron chi connectivity index (χ4n) is 1.67. The summed E-state index contributed by atoms with van der Waals surface area (Å²) >= 11 is 0. The number of amides is 2. The second kappa shape index (κ2) is 6.64. The van der Waals surface area contributed by atoms with Gasteiger partial charge >= 0.3 is 12.1 Å². The zero-order chi connectivity index (χ0) is 16.2. The summed E-state index contributed by atoms with van der Waals surface area (Å²) in [6, 6.07) is 5.78. The van der Waals surface area contributed by atoms with Crippen LogP contribution in [0.1, 0.15) is 18.4 Å². The van der Waals surface area contributed by atoms with E-state index in [4.69, 9.17) is 0 Å². The van der Waals surface area contributed by atoms with Crippen LogP contribution < -0.4 is 10.6 Å². The van der Waals surface area contributed by atoms with Crippen LogP contribution in [0.3, 0.4) is 0 Å². The van der Waals surface area contributed by atoms with E-state index in [-0.39, 0.29) is 18.1 Å². The van der Waals surface area contributed by atoms with Gasteiger partial charge in [-0.2, -0.15) is 13.2 Å². The van der Waals surface area contributed by atoms with E-state index < -0.39 is 12.1 Å². The molecule has 1 aromatic carbocycles. The van der Waals surface area contributed by atoms with Gasteiger partial charge in [0.25, 0.3) is 0 Å². The molecule has 0 spiro atoms. The van der Waals surface area contributed by atoms with Gasteiger partial charge in [0, 0.05) is 12.2 Å². The number of carbonyl (C=O) groups excluding carboxylic acids is 2. The Morgan fingerprint density at radius 3 is 2.36 bits per heavy atom. The number of anilines is 1. The van der Waals surface area contributed by atoms with Crippen LogP contribution in [-0.4, -0.2) is 18.0 Å². The molecule has 22 heavy (non-hydrogen) atoms. The first kappa shape index (κ1) is 16.1. The number of hydrogen-bond donors (Lipinski definition) is 2. The molecule has 1 saturated carbocycles. The van der Waals surface area contributed by atoms with Gasteiger partial charge in [-0.1, -0.05) is 18.2 Å². The molecule has 1 aliphatic rings. The van der Waals surface area contributed by atoms with Crippen molar-refractivity contribution in [3.8, 4) is 0 Å². The maximum atomic E-state index is 12.1. The van der Waals surface area contributed by atoms with Gasteiger partial charge in [0.2, 0.25) is 5.91 Å². The monoisotopic (exact) mass is 312 g/mol. The molecule has 0 radical (unpaired) electrons. The highest BCUT2D eigenvalue weighted by Gasteiger charge is 2.38. The smallest absolute Gasteiger partial charge is 0.348 e. The second-order valence-electron chi connectivity index (χ2n) is 5.06. The Hall–Kier alpha value is -2.31. The lowest BCUT2D eigenvalue weighted by Crippen LogP contribution is -2.29. The fraction of sp³-hybridized carbons (Fsp3) is 0.333. The second-order valence-corrected chi connectivity index (χ2v) is 5.06. The lowest BCUT2D eigenvalue weighted by atomic mass is 10.2. The number of halogens is 3. The minimum atomic E-state index is -4.92. The Bertz CT molecular complexity index is 575. The van der Waals surface area contributed by atoms with Crippen molar-refractivity contribution in [3.63, 3.8) is 0 Å². The number of hydrogen-bond acceptors (Lipinski definition) is 2. The highest BCUT2D eigenvalue weighted by Crippen LogP contribution is 2.29. The quantitative estimate of drug-likeness (QED) is 0.821. The maximum absolute atomic E-state index is 12.1. The number of alkyl halides is 3. The molecule has 2 N–H and O–H groups in total. The van der Waals surface area contributed by atoms with Crippen LogP contribution in [-0.2, 0) is 16.1 Å². The van der Waals surface area contributed by atoms with Crippen LogP contribution in [0.25, 0.3) is 0 Å². The molecule has 0 aromatic heterocycles. The molecule has 0 saturated heterocycles. The molecular weight excluding hydrogens is 297 g/mol. The topological polar surface area (TPSA) is 58.2 Å². The molecule has 4 nitrogen and oxygen atoms in total. The van der Waals surface area contributed by atoms with Crippen molar-refractivity contribution in [2.45, 2.75) is 25.6 Å². The maximum Gasteiger partial charge on any atom is 0.471 e. The molecule has 0 bridgehead atoms. The summed E-state index contributed by atoms with van der Waals surface area (Å²) in [6.07, 6.45) is 0.686. The zero-order valence-electron chi connectivity index (χ0n) is 11.6. The molecular formula is C15H15F3N2O2. The van der Waals surface area contributed by atoms with Gasteiger partial charge < -0.3 is 10.6 Å². The van der Waals surface area contributed by atoms with E-state index in [0.29, 0.717) is 5.92 Å². The number of nitrogens with one attached hydrogen (secondary N) is 2. The van der Waals surface area contributed by atoms with Crippen molar-refractivity contribution in [2.24, 2.45) is 5.92 Å². The Morgan fingerprint density at radius 1 is 1.18 bits per heavy atom. The molecule has 0 heterocycles. The fourth-order valence-corrected chi connectivity index (χ4v) is 1.67. The SMILES string of the molecule is O=C(/C=C/C1CC1)NCc1ccc(NC(=O)C(F)(F)F)cc1. The molecule has 0 aliphatic heterocycles. The van der Waals surface area contributed by atoms with E-state index in [1.807, 2.05) is 6.08 Å². The zero-order valence-corrected chi connectivity index (χ0v) is 11.6. The van der Waals surface area contributed by atoms with Crippen molar-refractivity contribution in [1.29, 1.82) is 0 Å². The third kappa shape index (κ3) is 5.23. The van der Waals surface area contributed by atoms with Crippen molar-refractivity contribution in [1.82, 2.24) is 5.32 Å². The highest BCUT2D eigenvalue weighted by atomic mass is 19.4. The lowest BCUT2D eigenvalue weighted by Gasteiger charge is -2.08. The normalized spacial score (nSPS) is 14.9. The Labute approximate surface area is 125 Å². The number of allylic oxidation sites excluding steroid dienone is 1. The lowest BCUT2D eigenvalue weighted by molar-refractivity contribution is -0.167. The van der Waals surface area contributed by atoms with Crippen molar-refractivity contribution in [2.75, 3.05) is 5.32 Å². The number of carbonyl (C=O) groups is 2. The third-order valence-electron chi connectivity index (χ3n) is 3.08. The molecule has 0 atom stereocenters. The summed E-state index contributed by atoms with van der Waals surface area (Å²) in [7, 11) is 0. The predicted octanol–water partition coefficient (Wildman–Crippen LogP) is 2.77. The van der Waals surface area contributed by atoms with Gasteiger partial charge in [-0.15, -0.1) is 0 Å². The van der Waals surface area contributed by atoms with Crippen molar-refractivity contribution in [3.05, 3.63) is 42.0 Å². The van der Waals surface area contributed by atoms with E-state index >= 15 is 0 Å². The summed E-state index contributed by atoms with van der Waals surface area (Å²) in [4.78, 5) is 22.3. The molecule has 0 unspecified atom stereocenters. The Kier molecular flexibility index (Phi) is 4.85. The van der Waals surface area contributed by atoms with Gasteiger partial charge in [0.05, 0.1) is 0 Å². The molecule has 118 valence electrons. The van der Waals surface area contributed by atoms with Crippen molar-refractivity contribution < 1.29 is 22.8 Å². The first-order chi connectivity index (χ1) is 10.3. The summed E-state index contributed by atoms with van der Waals surface area (Å²) in [5.74, 6) is -1.71. The molecule has 2 rings (SSSR count). The van der Waals surface area contributed by atoms with Crippen LogP contribution in [0.2, 0.25) is 0 Å². The molecule has 2 amide bonds. The number of rotatable bonds is 5. The van der Waals surface area contributed by atoms with Crippen LogP contribution in [0.4, 0.5) is 18.9 Å². The molecule has 1 aromatic rings. The van der Waals surface area contributed by atoms with Crippen LogP contribution in [0, 0.1) is 5.92 Å². The minimum Gasteiger partial charge on any atom is -0.348 e. The standard InChI is InChI=1S/C15H15F3N2O2/c16-15(17,18)14(22)20-12-6-3-11(4-7-12)9-19-13(21)8-5-10-1-2-10/h3-8,10H,1-2,9H2,(H,19,21)(H,20,22)/b8-5+. The predicted molar refractivity (Wildman–Crippen MR) is 74.8 cm³/mol. The number of benzene rings is 1. The Morgan fingerprint density at radius 2 is 1.82 bits per heavy atom. The van der Waals surface area contributed by atoms with E-state index in [1.54, 1.807) is 5.32 Å². The van der Waals surface area contributed by atoms with Gasteiger partial charge in [0.1, 0.15) is 0 Å². The van der Waals surface area contributed by atoms with Gasteiger partial charge in [-0.25, -0.2) is 0 Å². The van der Waals surface area contributed by atoms with Crippen LogP contribution in [0.15, 0.2) is 36.4 Å². The van der Waals surface area contributed by atoms with Crippen LogP contribution >= 0.6 is 0 Å². The first-order valence-electron chi connectivity index (χ1n) is 6.78. The van der Waals surface area contributed by atoms with E-state index in [9.17, 15) is 22.8 Å². The molecule has 1 aliphatic carbocycles. The van der Waals surface area contributed by atoms with E-state index in [0.717, 1.165) is 18.4 Å². The van der Waals surface area contributed by atoms with Crippen molar-refractivity contribution >= 4 is 17.5 Å². The summed E-state index contributed by atoms with van der Waals surface area (Å²) < 4.78 is 36.3. The third-order valence-corrected chi connectivity index (χ3v) is 3.08. The van der Waals surface area contributed by atoms with E-state index in [1.165, 1.54) is 30.3 Å². The largest absolute Gasteiger partial charge is 0.471 e. The highest BCUT2D eigenvalue weighted by molar-refractivity contribution is 5.94. The average molecular weight is 312 g/mol. The average Bonchev–Trinajstić information content (AvgIpc) is 3.27. The van der Waals surface area contributed by atoms with Gasteiger partial charge in [0.15, 0.2) is 0 Å². The Balaban J connectivity index is 1.81. The summed E-state index contributed by atoms with van der Waals surface area (Å²) in [6.45, 7) is 0.265. The van der Waals surface area contributed by atoms with E-state index in [2.05, 4.69) is 5.32 Å². The minimum absolute atomic E-state index is 0.0473. The summed E-state index contributed by atoms with van der Waals surface area (Å²) in [5, 5.41) is 4.42. The summed E-state index contributed by atoms with van der Waals surface area (Å²) in [5.41, 5.74) is 0.768. The van der Waals surface area contributed by atoms with Gasteiger partial charge in [-0.3, -0.25) is 9.59 Å². The molecule has 1 fully saturated rings. The van der Waals surface area contributed by atoms with Crippen LogP contribution in [0.5, 0.6) is 0 Å². The molecule has 7 heteroatoms.